The SMILES string of the molecule is C=C(c1cc(C(C)C)c(O)cc1O)N(C(=S)NC)c1ccc2cn(C)nc2c1. The topological polar surface area (TPSA) is 73.6 Å². The van der Waals surface area contributed by atoms with Gasteiger partial charge in [-0.05, 0) is 48.0 Å². The molecule has 146 valence electrons. The van der Waals surface area contributed by atoms with Crippen LogP contribution >= 0.6 is 12.2 Å². The lowest BCUT2D eigenvalue weighted by atomic mass is 9.97. The number of nitrogens with zero attached hydrogens (tertiary/aromatic N) is 3. The van der Waals surface area contributed by atoms with E-state index < -0.39 is 0 Å². The van der Waals surface area contributed by atoms with Gasteiger partial charge in [-0.25, -0.2) is 0 Å². The number of aryl methyl sites for hydroxylation is 1. The van der Waals surface area contributed by atoms with Gasteiger partial charge in [0.1, 0.15) is 11.5 Å². The normalized spacial score (nSPS) is 11.0. The molecule has 0 spiro atoms. The fourth-order valence-electron chi connectivity index (χ4n) is 3.18. The number of fused-ring (bicyclic) bond motifs is 1. The van der Waals surface area contributed by atoms with Crippen LogP contribution in [0.4, 0.5) is 5.69 Å². The van der Waals surface area contributed by atoms with Gasteiger partial charge in [0.2, 0.25) is 0 Å². The molecule has 0 saturated heterocycles. The Morgan fingerprint density at radius 2 is 1.93 bits per heavy atom. The Bertz CT molecular complexity index is 1070. The van der Waals surface area contributed by atoms with Gasteiger partial charge < -0.3 is 15.5 Å². The van der Waals surface area contributed by atoms with E-state index in [0.717, 1.165) is 22.2 Å². The van der Waals surface area contributed by atoms with Crippen molar-refractivity contribution in [3.05, 3.63) is 54.2 Å². The predicted octanol–water partition coefficient (Wildman–Crippen LogP) is 4.09. The van der Waals surface area contributed by atoms with Crippen molar-refractivity contribution in [1.82, 2.24) is 15.1 Å². The van der Waals surface area contributed by atoms with Crippen molar-refractivity contribution in [3.8, 4) is 11.5 Å². The van der Waals surface area contributed by atoms with E-state index in [2.05, 4.69) is 17.0 Å². The minimum Gasteiger partial charge on any atom is -0.508 e. The Morgan fingerprint density at radius 3 is 2.57 bits per heavy atom. The number of hydrogen-bond donors (Lipinski definition) is 3. The molecule has 0 radical (unpaired) electrons. The van der Waals surface area contributed by atoms with Crippen molar-refractivity contribution >= 4 is 39.6 Å². The Kier molecular flexibility index (Phi) is 5.29. The highest BCUT2D eigenvalue weighted by molar-refractivity contribution is 7.80. The summed E-state index contributed by atoms with van der Waals surface area (Å²) in [6.45, 7) is 8.13. The first-order valence-corrected chi connectivity index (χ1v) is 9.34. The second-order valence-electron chi connectivity index (χ2n) is 6.97. The third-order valence-electron chi connectivity index (χ3n) is 4.63. The Balaban J connectivity index is 2.12. The van der Waals surface area contributed by atoms with Crippen LogP contribution in [0.5, 0.6) is 11.5 Å². The number of nitrogens with one attached hydrogen (secondary N) is 1. The van der Waals surface area contributed by atoms with Crippen molar-refractivity contribution in [1.29, 1.82) is 0 Å². The molecule has 0 amide bonds. The highest BCUT2D eigenvalue weighted by Crippen LogP contribution is 2.38. The van der Waals surface area contributed by atoms with Gasteiger partial charge in [0.25, 0.3) is 0 Å². The van der Waals surface area contributed by atoms with E-state index >= 15 is 0 Å². The van der Waals surface area contributed by atoms with Gasteiger partial charge in [-0.15, -0.1) is 0 Å². The van der Waals surface area contributed by atoms with E-state index in [9.17, 15) is 10.2 Å². The molecule has 28 heavy (non-hydrogen) atoms. The predicted molar refractivity (Wildman–Crippen MR) is 118 cm³/mol. The molecule has 7 heteroatoms. The van der Waals surface area contributed by atoms with E-state index in [1.54, 1.807) is 22.7 Å². The molecule has 6 nitrogen and oxygen atoms in total. The lowest BCUT2D eigenvalue weighted by molar-refractivity contribution is 0.443. The van der Waals surface area contributed by atoms with Gasteiger partial charge in [-0.1, -0.05) is 20.4 Å². The number of aromatic nitrogens is 2. The van der Waals surface area contributed by atoms with Crippen molar-refractivity contribution < 1.29 is 10.2 Å². The standard InChI is InChI=1S/C21H24N4O2S/c1-12(2)16-9-17(20(27)10-19(16)26)13(3)25(21(28)22-4)15-7-6-14-11-24(5)23-18(14)8-15/h6-12,26-27H,3H2,1-2,4-5H3,(H,22,28). The highest BCUT2D eigenvalue weighted by atomic mass is 32.1. The molecule has 0 atom stereocenters. The van der Waals surface area contributed by atoms with E-state index in [1.165, 1.54) is 6.07 Å². The Hall–Kier alpha value is -3.06. The lowest BCUT2D eigenvalue weighted by Crippen LogP contribution is -2.36. The number of aromatic hydroxyl groups is 2. The fourth-order valence-corrected chi connectivity index (χ4v) is 3.40. The summed E-state index contributed by atoms with van der Waals surface area (Å²) >= 11 is 5.51. The lowest BCUT2D eigenvalue weighted by Gasteiger charge is -2.28. The van der Waals surface area contributed by atoms with E-state index in [0.29, 0.717) is 16.4 Å². The van der Waals surface area contributed by atoms with Crippen molar-refractivity contribution in [3.63, 3.8) is 0 Å². The largest absolute Gasteiger partial charge is 0.508 e. The summed E-state index contributed by atoms with van der Waals surface area (Å²) in [5.74, 6) is 0.0816. The second kappa shape index (κ2) is 7.52. The van der Waals surface area contributed by atoms with Crippen molar-refractivity contribution in [2.45, 2.75) is 19.8 Å². The summed E-state index contributed by atoms with van der Waals surface area (Å²) in [7, 11) is 3.61. The average molecular weight is 397 g/mol. The second-order valence-corrected chi connectivity index (χ2v) is 7.35. The maximum Gasteiger partial charge on any atom is 0.177 e. The van der Waals surface area contributed by atoms with Crippen LogP contribution in [-0.4, -0.2) is 32.2 Å². The molecule has 3 N–H and O–H groups in total. The number of phenols is 2. The highest BCUT2D eigenvalue weighted by Gasteiger charge is 2.21. The minimum absolute atomic E-state index is 0.0571. The number of thiocarbonyl (C=S) groups is 1. The van der Waals surface area contributed by atoms with E-state index in [1.807, 2.05) is 45.3 Å². The zero-order valence-corrected chi connectivity index (χ0v) is 17.2. The van der Waals surface area contributed by atoms with Gasteiger partial charge in [0.15, 0.2) is 5.11 Å². The zero-order chi connectivity index (χ0) is 20.6. The monoisotopic (exact) mass is 396 g/mol. The molecule has 1 heterocycles. The van der Waals surface area contributed by atoms with Crippen LogP contribution < -0.4 is 10.2 Å². The fraction of sp³-hybridized carbons (Fsp3) is 0.238. The molecule has 1 aromatic heterocycles. The van der Waals surface area contributed by atoms with Crippen LogP contribution in [0.15, 0.2) is 43.1 Å². The number of anilines is 1. The molecule has 2 aromatic carbocycles. The molecule has 0 bridgehead atoms. The maximum absolute atomic E-state index is 10.5. The Labute approximate surface area is 169 Å². The number of phenolic OH excluding ortho intramolecular Hbond substituents is 2. The van der Waals surface area contributed by atoms with Crippen molar-refractivity contribution in [2.75, 3.05) is 11.9 Å². The first-order valence-electron chi connectivity index (χ1n) is 8.93. The van der Waals surface area contributed by atoms with Gasteiger partial charge in [0, 0.05) is 37.3 Å². The van der Waals surface area contributed by atoms with Gasteiger partial charge in [-0.2, -0.15) is 5.10 Å². The number of benzene rings is 2. The minimum atomic E-state index is -0.0604. The maximum atomic E-state index is 10.5. The Morgan fingerprint density at radius 1 is 1.21 bits per heavy atom. The third-order valence-corrected chi connectivity index (χ3v) is 5.02. The third kappa shape index (κ3) is 3.53. The first-order chi connectivity index (χ1) is 13.2. The van der Waals surface area contributed by atoms with Crippen LogP contribution in [0.3, 0.4) is 0 Å². The van der Waals surface area contributed by atoms with Crippen molar-refractivity contribution in [2.24, 2.45) is 7.05 Å². The molecule has 3 rings (SSSR count). The van der Waals surface area contributed by atoms with Crippen LogP contribution in [-0.2, 0) is 7.05 Å². The molecule has 3 aromatic rings. The summed E-state index contributed by atoms with van der Waals surface area (Å²) < 4.78 is 1.75. The molecular weight excluding hydrogens is 372 g/mol. The van der Waals surface area contributed by atoms with Gasteiger partial charge in [0.05, 0.1) is 16.9 Å². The van der Waals surface area contributed by atoms with Gasteiger partial charge >= 0.3 is 0 Å². The molecular formula is C21H24N4O2S. The van der Waals surface area contributed by atoms with E-state index in [4.69, 9.17) is 12.2 Å². The molecule has 0 unspecified atom stereocenters. The van der Waals surface area contributed by atoms with Gasteiger partial charge in [-0.3, -0.25) is 9.58 Å². The molecule has 0 saturated carbocycles. The van der Waals surface area contributed by atoms with Crippen LogP contribution in [0.2, 0.25) is 0 Å². The average Bonchev–Trinajstić information content (AvgIpc) is 3.00. The quantitative estimate of drug-likeness (QED) is 0.577. The summed E-state index contributed by atoms with van der Waals surface area (Å²) in [6.07, 6.45) is 1.94. The van der Waals surface area contributed by atoms with Crippen LogP contribution in [0.25, 0.3) is 16.6 Å². The number of rotatable bonds is 4. The molecule has 0 aliphatic carbocycles. The van der Waals surface area contributed by atoms with E-state index in [-0.39, 0.29) is 17.4 Å². The first kappa shape index (κ1) is 19.7. The summed E-state index contributed by atoms with van der Waals surface area (Å²) in [5.41, 5.74) is 3.32. The van der Waals surface area contributed by atoms with Crippen LogP contribution in [0.1, 0.15) is 30.9 Å². The summed E-state index contributed by atoms with van der Waals surface area (Å²) in [5, 5.41) is 29.5. The summed E-state index contributed by atoms with van der Waals surface area (Å²) in [6, 6.07) is 8.91. The zero-order valence-electron chi connectivity index (χ0n) is 16.4. The summed E-state index contributed by atoms with van der Waals surface area (Å²) in [4.78, 5) is 1.75. The smallest absolute Gasteiger partial charge is 0.177 e. The molecule has 0 aliphatic heterocycles. The number of hydrogen-bond acceptors (Lipinski definition) is 4. The molecule has 0 aliphatic rings. The molecule has 0 fully saturated rings. The van der Waals surface area contributed by atoms with Crippen LogP contribution in [0, 0.1) is 0 Å².